The lowest BCUT2D eigenvalue weighted by atomic mass is 9.96. The minimum absolute atomic E-state index is 0.147. The van der Waals surface area contributed by atoms with E-state index in [1.165, 1.54) is 17.7 Å². The summed E-state index contributed by atoms with van der Waals surface area (Å²) < 4.78 is 37.4. The van der Waals surface area contributed by atoms with Gasteiger partial charge in [0.15, 0.2) is 6.10 Å². The van der Waals surface area contributed by atoms with Crippen molar-refractivity contribution >= 4 is 0 Å². The first kappa shape index (κ1) is 15.6. The van der Waals surface area contributed by atoms with Crippen LogP contribution in [-0.2, 0) is 0 Å². The molecule has 0 aliphatic heterocycles. The molecule has 2 aromatic carbocycles. The molecule has 0 saturated heterocycles. The topological polar surface area (TPSA) is 20.2 Å². The zero-order valence-corrected chi connectivity index (χ0v) is 11.9. The van der Waals surface area contributed by atoms with Crippen LogP contribution >= 0.6 is 0 Å². The fraction of sp³-hybridized carbons (Fsp3) is 0.294. The third-order valence-corrected chi connectivity index (χ3v) is 3.42. The Bertz CT molecular complexity index is 600. The zero-order valence-electron chi connectivity index (χ0n) is 11.9. The average molecular weight is 294 g/mol. The fourth-order valence-electron chi connectivity index (χ4n) is 2.12. The highest BCUT2D eigenvalue weighted by molar-refractivity contribution is 5.64. The van der Waals surface area contributed by atoms with Gasteiger partial charge in [0, 0.05) is 0 Å². The van der Waals surface area contributed by atoms with Crippen LogP contribution < -0.4 is 0 Å². The van der Waals surface area contributed by atoms with E-state index in [1.54, 1.807) is 12.1 Å². The normalized spacial score (nSPS) is 13.5. The first-order chi connectivity index (χ1) is 9.79. The summed E-state index contributed by atoms with van der Waals surface area (Å²) in [6, 6.07) is 13.7. The summed E-state index contributed by atoms with van der Waals surface area (Å²) in [7, 11) is 0. The molecule has 1 nitrogen and oxygen atoms in total. The molecule has 0 amide bonds. The average Bonchev–Trinajstić information content (AvgIpc) is 2.46. The van der Waals surface area contributed by atoms with Crippen LogP contribution in [-0.4, -0.2) is 11.3 Å². The molecule has 0 heterocycles. The zero-order chi connectivity index (χ0) is 15.6. The van der Waals surface area contributed by atoms with Gasteiger partial charge in [-0.3, -0.25) is 0 Å². The van der Waals surface area contributed by atoms with Crippen molar-refractivity contribution in [3.63, 3.8) is 0 Å². The number of halogens is 3. The lowest BCUT2D eigenvalue weighted by molar-refractivity contribution is -0.206. The molecule has 0 radical (unpaired) electrons. The Morgan fingerprint density at radius 2 is 1.48 bits per heavy atom. The number of rotatable bonds is 3. The third kappa shape index (κ3) is 3.64. The van der Waals surface area contributed by atoms with Crippen LogP contribution in [0.5, 0.6) is 0 Å². The highest BCUT2D eigenvalue weighted by Gasteiger charge is 2.39. The van der Waals surface area contributed by atoms with Gasteiger partial charge in [0.1, 0.15) is 0 Å². The highest BCUT2D eigenvalue weighted by atomic mass is 19.4. The largest absolute Gasteiger partial charge is 0.418 e. The number of hydrogen-bond donors (Lipinski definition) is 1. The summed E-state index contributed by atoms with van der Waals surface area (Å²) >= 11 is 0. The number of hydrogen-bond acceptors (Lipinski definition) is 1. The van der Waals surface area contributed by atoms with Gasteiger partial charge in [-0.15, -0.1) is 0 Å². The van der Waals surface area contributed by atoms with Gasteiger partial charge in [0.25, 0.3) is 0 Å². The van der Waals surface area contributed by atoms with E-state index in [2.05, 4.69) is 13.8 Å². The number of alkyl halides is 3. The Hall–Kier alpha value is -1.81. The van der Waals surface area contributed by atoms with Crippen LogP contribution in [0, 0.1) is 0 Å². The van der Waals surface area contributed by atoms with Crippen molar-refractivity contribution in [2.45, 2.75) is 32.0 Å². The lowest BCUT2D eigenvalue weighted by Crippen LogP contribution is -2.19. The van der Waals surface area contributed by atoms with Crippen LogP contribution in [0.4, 0.5) is 13.2 Å². The molecular formula is C17H17F3O. The van der Waals surface area contributed by atoms with Crippen LogP contribution in [0.1, 0.15) is 37.0 Å². The van der Waals surface area contributed by atoms with Crippen molar-refractivity contribution in [2.75, 3.05) is 0 Å². The van der Waals surface area contributed by atoms with Gasteiger partial charge in [-0.2, -0.15) is 13.2 Å². The SMILES string of the molecule is CC(C)c1cccc(-c2ccc(C(O)C(F)(F)F)cc2)c1. The minimum atomic E-state index is -4.64. The van der Waals surface area contributed by atoms with Crippen molar-refractivity contribution < 1.29 is 18.3 Å². The second kappa shape index (κ2) is 5.90. The molecule has 0 fully saturated rings. The maximum absolute atomic E-state index is 12.5. The molecule has 112 valence electrons. The van der Waals surface area contributed by atoms with Crippen molar-refractivity contribution in [3.05, 3.63) is 59.7 Å². The predicted octanol–water partition coefficient (Wildman–Crippen LogP) is 5.07. The molecular weight excluding hydrogens is 277 g/mol. The Kier molecular flexibility index (Phi) is 4.37. The standard InChI is InChI=1S/C17H17F3O/c1-11(2)14-4-3-5-15(10-14)12-6-8-13(9-7-12)16(21)17(18,19)20/h3-11,16,21H,1-2H3. The van der Waals surface area contributed by atoms with E-state index in [0.29, 0.717) is 5.92 Å². The van der Waals surface area contributed by atoms with Crippen LogP contribution in [0.3, 0.4) is 0 Å². The van der Waals surface area contributed by atoms with Crippen LogP contribution in [0.15, 0.2) is 48.5 Å². The van der Waals surface area contributed by atoms with Gasteiger partial charge in [0.05, 0.1) is 0 Å². The van der Waals surface area contributed by atoms with Gasteiger partial charge in [-0.05, 0) is 28.2 Å². The first-order valence-electron chi connectivity index (χ1n) is 6.74. The second-order valence-corrected chi connectivity index (χ2v) is 5.35. The van der Waals surface area contributed by atoms with Gasteiger partial charge in [-0.25, -0.2) is 0 Å². The van der Waals surface area contributed by atoms with Gasteiger partial charge in [-0.1, -0.05) is 62.4 Å². The van der Waals surface area contributed by atoms with E-state index in [1.807, 2.05) is 24.3 Å². The second-order valence-electron chi connectivity index (χ2n) is 5.35. The molecule has 0 saturated carbocycles. The monoisotopic (exact) mass is 294 g/mol. The van der Waals surface area contributed by atoms with Crippen molar-refractivity contribution in [1.29, 1.82) is 0 Å². The molecule has 1 atom stereocenters. The van der Waals surface area contributed by atoms with E-state index >= 15 is 0 Å². The highest BCUT2D eigenvalue weighted by Crippen LogP contribution is 2.33. The van der Waals surface area contributed by atoms with Crippen molar-refractivity contribution in [3.8, 4) is 11.1 Å². The fourth-order valence-corrected chi connectivity index (χ4v) is 2.12. The summed E-state index contributed by atoms with van der Waals surface area (Å²) in [5.74, 6) is 0.385. The van der Waals surface area contributed by atoms with E-state index in [0.717, 1.165) is 11.1 Å². The number of aliphatic hydroxyl groups is 1. The third-order valence-electron chi connectivity index (χ3n) is 3.42. The minimum Gasteiger partial charge on any atom is -0.379 e. The summed E-state index contributed by atoms with van der Waals surface area (Å²) in [5.41, 5.74) is 2.81. The molecule has 1 unspecified atom stereocenters. The van der Waals surface area contributed by atoms with Gasteiger partial charge >= 0.3 is 6.18 Å². The molecule has 1 N–H and O–H groups in total. The summed E-state index contributed by atoms with van der Waals surface area (Å²) in [5, 5.41) is 9.21. The van der Waals surface area contributed by atoms with E-state index in [4.69, 9.17) is 0 Å². The molecule has 0 bridgehead atoms. The van der Waals surface area contributed by atoms with Gasteiger partial charge < -0.3 is 5.11 Å². The molecule has 0 aliphatic rings. The molecule has 0 aliphatic carbocycles. The molecule has 2 aromatic rings. The summed E-state index contributed by atoms with van der Waals surface area (Å²) in [6.45, 7) is 4.17. The first-order valence-corrected chi connectivity index (χ1v) is 6.74. The summed E-state index contributed by atoms with van der Waals surface area (Å²) in [6.07, 6.45) is -7.08. The maximum Gasteiger partial charge on any atom is 0.418 e. The Morgan fingerprint density at radius 1 is 0.857 bits per heavy atom. The lowest BCUT2D eigenvalue weighted by Gasteiger charge is -2.15. The molecule has 4 heteroatoms. The van der Waals surface area contributed by atoms with Crippen molar-refractivity contribution in [1.82, 2.24) is 0 Å². The van der Waals surface area contributed by atoms with Crippen LogP contribution in [0.2, 0.25) is 0 Å². The summed E-state index contributed by atoms with van der Waals surface area (Å²) in [4.78, 5) is 0. The number of benzene rings is 2. The van der Waals surface area contributed by atoms with E-state index in [9.17, 15) is 18.3 Å². The predicted molar refractivity (Wildman–Crippen MR) is 77.0 cm³/mol. The number of aliphatic hydroxyl groups excluding tert-OH is 1. The molecule has 2 rings (SSSR count). The quantitative estimate of drug-likeness (QED) is 0.837. The van der Waals surface area contributed by atoms with Crippen molar-refractivity contribution in [2.24, 2.45) is 0 Å². The molecule has 0 aromatic heterocycles. The Balaban J connectivity index is 2.29. The Labute approximate surface area is 122 Å². The Morgan fingerprint density at radius 3 is 2.00 bits per heavy atom. The van der Waals surface area contributed by atoms with Crippen LogP contribution in [0.25, 0.3) is 11.1 Å². The smallest absolute Gasteiger partial charge is 0.379 e. The van der Waals surface area contributed by atoms with E-state index in [-0.39, 0.29) is 5.56 Å². The van der Waals surface area contributed by atoms with E-state index < -0.39 is 12.3 Å². The maximum atomic E-state index is 12.5. The molecule has 21 heavy (non-hydrogen) atoms. The van der Waals surface area contributed by atoms with Gasteiger partial charge in [0.2, 0.25) is 0 Å². The molecule has 0 spiro atoms.